The van der Waals surface area contributed by atoms with Crippen LogP contribution in [0.5, 0.6) is 0 Å². The molecule has 0 saturated heterocycles. The Labute approximate surface area is 152 Å². The Kier molecular flexibility index (Phi) is 5.92. The molecule has 0 aliphatic carbocycles. The van der Waals surface area contributed by atoms with Gasteiger partial charge in [-0.15, -0.1) is 0 Å². The summed E-state index contributed by atoms with van der Waals surface area (Å²) in [5.74, 6) is -1.25. The molecule has 2 rings (SSSR count). The topological polar surface area (TPSA) is 84.3 Å². The van der Waals surface area contributed by atoms with Crippen LogP contribution >= 0.6 is 11.6 Å². The Morgan fingerprint density at radius 3 is 2.35 bits per heavy atom. The second-order valence-corrected chi connectivity index (χ2v) is 7.91. The summed E-state index contributed by atoms with van der Waals surface area (Å²) >= 11 is 5.86. The summed E-state index contributed by atoms with van der Waals surface area (Å²) in [6, 6.07) is 7.74. The monoisotopic (exact) mass is 407 g/mol. The number of carboxylic acids is 1. The van der Waals surface area contributed by atoms with E-state index in [-0.39, 0.29) is 17.0 Å². The molecule has 0 amide bonds. The van der Waals surface area contributed by atoms with Crippen molar-refractivity contribution in [3.63, 3.8) is 0 Å². The van der Waals surface area contributed by atoms with Gasteiger partial charge in [-0.2, -0.15) is 13.2 Å². The molecular weight excluding hydrogens is 395 g/mol. The van der Waals surface area contributed by atoms with Crippen molar-refractivity contribution < 1.29 is 31.5 Å². The van der Waals surface area contributed by atoms with Gasteiger partial charge >= 0.3 is 12.1 Å². The molecule has 0 radical (unpaired) electrons. The summed E-state index contributed by atoms with van der Waals surface area (Å²) in [4.78, 5) is 14.4. The molecule has 1 N–H and O–H groups in total. The fourth-order valence-corrected chi connectivity index (χ4v) is 4.45. The van der Waals surface area contributed by atoms with Crippen LogP contribution in [0.3, 0.4) is 0 Å². The van der Waals surface area contributed by atoms with Crippen molar-refractivity contribution in [1.29, 1.82) is 0 Å². The maximum atomic E-state index is 12.9. The van der Waals surface area contributed by atoms with Crippen LogP contribution in [-0.4, -0.2) is 24.5 Å². The van der Waals surface area contributed by atoms with Gasteiger partial charge in [0.1, 0.15) is 5.25 Å². The Hall–Kier alpha value is -2.13. The quantitative estimate of drug-likeness (QED) is 0.778. The van der Waals surface area contributed by atoms with Crippen LogP contribution in [0.25, 0.3) is 0 Å². The van der Waals surface area contributed by atoms with E-state index in [0.29, 0.717) is 12.3 Å². The summed E-state index contributed by atoms with van der Waals surface area (Å²) < 4.78 is 64.0. The van der Waals surface area contributed by atoms with E-state index < -0.39 is 44.2 Å². The van der Waals surface area contributed by atoms with E-state index in [4.69, 9.17) is 16.7 Å². The zero-order valence-electron chi connectivity index (χ0n) is 13.1. The molecule has 140 valence electrons. The number of rotatable bonds is 6. The first-order chi connectivity index (χ1) is 12.0. The SMILES string of the molecule is O=C(O)CC[C@@H](c1ncc(C(F)(F)F)cc1Cl)S(=O)(=O)c1ccccc1. The number of benzene rings is 1. The van der Waals surface area contributed by atoms with Gasteiger partial charge in [0.05, 0.1) is 21.2 Å². The van der Waals surface area contributed by atoms with E-state index in [1.807, 2.05) is 0 Å². The molecule has 1 aromatic carbocycles. The Morgan fingerprint density at radius 2 is 1.85 bits per heavy atom. The van der Waals surface area contributed by atoms with E-state index in [1.54, 1.807) is 6.07 Å². The number of pyridine rings is 1. The average molecular weight is 408 g/mol. The van der Waals surface area contributed by atoms with E-state index in [9.17, 15) is 26.4 Å². The first kappa shape index (κ1) is 20.2. The minimum absolute atomic E-state index is 0.104. The Morgan fingerprint density at radius 1 is 1.23 bits per heavy atom. The van der Waals surface area contributed by atoms with E-state index >= 15 is 0 Å². The number of nitrogens with zero attached hydrogens (tertiary/aromatic N) is 1. The lowest BCUT2D eigenvalue weighted by molar-refractivity contribution is -0.138. The molecule has 5 nitrogen and oxygen atoms in total. The number of carboxylic acid groups (broad SMARTS) is 1. The highest BCUT2D eigenvalue weighted by molar-refractivity contribution is 7.91. The van der Waals surface area contributed by atoms with Crippen LogP contribution in [0.2, 0.25) is 5.02 Å². The average Bonchev–Trinajstić information content (AvgIpc) is 2.55. The normalized spacial score (nSPS) is 13.4. The van der Waals surface area contributed by atoms with Crippen LogP contribution < -0.4 is 0 Å². The van der Waals surface area contributed by atoms with Crippen LogP contribution in [0.1, 0.15) is 29.3 Å². The van der Waals surface area contributed by atoms with Gasteiger partial charge < -0.3 is 5.11 Å². The molecule has 26 heavy (non-hydrogen) atoms. The number of halogens is 4. The molecule has 0 unspecified atom stereocenters. The molecule has 0 fully saturated rings. The summed E-state index contributed by atoms with van der Waals surface area (Å²) in [5, 5.41) is 6.89. The molecule has 1 atom stereocenters. The predicted octanol–water partition coefficient (Wildman–Crippen LogP) is 4.13. The highest BCUT2D eigenvalue weighted by Gasteiger charge is 2.35. The van der Waals surface area contributed by atoms with Gasteiger partial charge in [-0.25, -0.2) is 8.42 Å². The van der Waals surface area contributed by atoms with Crippen molar-refractivity contribution in [3.05, 3.63) is 58.9 Å². The number of aromatic nitrogens is 1. The lowest BCUT2D eigenvalue weighted by atomic mass is 10.1. The van der Waals surface area contributed by atoms with Crippen molar-refractivity contribution in [3.8, 4) is 0 Å². The van der Waals surface area contributed by atoms with Crippen molar-refractivity contribution >= 4 is 27.4 Å². The van der Waals surface area contributed by atoms with Crippen LogP contribution in [0.4, 0.5) is 13.2 Å². The third-order valence-electron chi connectivity index (χ3n) is 3.57. The molecule has 0 aliphatic rings. The van der Waals surface area contributed by atoms with Gasteiger partial charge in [-0.3, -0.25) is 9.78 Å². The summed E-state index contributed by atoms with van der Waals surface area (Å²) in [6.45, 7) is 0. The van der Waals surface area contributed by atoms with E-state index in [2.05, 4.69) is 4.98 Å². The fourth-order valence-electron chi connectivity index (χ4n) is 2.31. The zero-order chi connectivity index (χ0) is 19.5. The number of carbonyl (C=O) groups is 1. The van der Waals surface area contributed by atoms with Crippen LogP contribution in [0.15, 0.2) is 47.5 Å². The Bertz CT molecular complexity index is 901. The van der Waals surface area contributed by atoms with E-state index in [1.165, 1.54) is 24.3 Å². The van der Waals surface area contributed by atoms with Gasteiger partial charge in [0.25, 0.3) is 0 Å². The highest BCUT2D eigenvalue weighted by Crippen LogP contribution is 2.38. The minimum atomic E-state index is -4.69. The van der Waals surface area contributed by atoms with Crippen molar-refractivity contribution in [2.45, 2.75) is 29.2 Å². The predicted molar refractivity (Wildman–Crippen MR) is 87.5 cm³/mol. The lowest BCUT2D eigenvalue weighted by Gasteiger charge is -2.19. The summed E-state index contributed by atoms with van der Waals surface area (Å²) in [7, 11) is -4.11. The molecule has 0 saturated carbocycles. The number of aliphatic carboxylic acids is 1. The first-order valence-electron chi connectivity index (χ1n) is 7.27. The van der Waals surface area contributed by atoms with Gasteiger partial charge in [0.2, 0.25) is 0 Å². The number of sulfone groups is 1. The molecule has 1 aromatic heterocycles. The molecule has 0 bridgehead atoms. The summed E-state index contributed by atoms with van der Waals surface area (Å²) in [5.41, 5.74) is -1.44. The number of hydrogen-bond acceptors (Lipinski definition) is 4. The van der Waals surface area contributed by atoms with Crippen molar-refractivity contribution in [2.75, 3.05) is 0 Å². The van der Waals surface area contributed by atoms with Gasteiger partial charge in [0.15, 0.2) is 9.84 Å². The van der Waals surface area contributed by atoms with Gasteiger partial charge in [-0.1, -0.05) is 29.8 Å². The molecule has 0 spiro atoms. The maximum Gasteiger partial charge on any atom is 0.417 e. The summed E-state index contributed by atoms with van der Waals surface area (Å²) in [6.07, 6.45) is -5.11. The van der Waals surface area contributed by atoms with Crippen molar-refractivity contribution in [2.24, 2.45) is 0 Å². The molecule has 1 heterocycles. The first-order valence-corrected chi connectivity index (χ1v) is 9.19. The van der Waals surface area contributed by atoms with Gasteiger partial charge in [-0.05, 0) is 24.6 Å². The van der Waals surface area contributed by atoms with E-state index in [0.717, 1.165) is 0 Å². The van der Waals surface area contributed by atoms with Crippen LogP contribution in [0, 0.1) is 0 Å². The third kappa shape index (κ3) is 4.53. The zero-order valence-corrected chi connectivity index (χ0v) is 14.6. The third-order valence-corrected chi connectivity index (χ3v) is 6.01. The highest BCUT2D eigenvalue weighted by atomic mass is 35.5. The van der Waals surface area contributed by atoms with Crippen LogP contribution in [-0.2, 0) is 20.8 Å². The molecule has 0 aliphatic heterocycles. The maximum absolute atomic E-state index is 12.9. The van der Waals surface area contributed by atoms with Crippen molar-refractivity contribution in [1.82, 2.24) is 4.98 Å². The second kappa shape index (κ2) is 7.63. The molecular formula is C16H13ClF3NO4S. The smallest absolute Gasteiger partial charge is 0.417 e. The Balaban J connectivity index is 2.54. The second-order valence-electron chi connectivity index (χ2n) is 5.37. The minimum Gasteiger partial charge on any atom is -0.481 e. The number of alkyl halides is 3. The largest absolute Gasteiger partial charge is 0.481 e. The van der Waals surface area contributed by atoms with Gasteiger partial charge in [0, 0.05) is 12.6 Å². The fraction of sp³-hybridized carbons (Fsp3) is 0.250. The standard InChI is InChI=1S/C16H13ClF3NO4S/c17-12-8-10(16(18,19)20)9-21-15(12)13(6-7-14(22)23)26(24,25)11-4-2-1-3-5-11/h1-5,8-9,13H,6-7H2,(H,22,23)/t13-/m0/s1. The number of hydrogen-bond donors (Lipinski definition) is 1. The lowest BCUT2D eigenvalue weighted by Crippen LogP contribution is -2.18. The molecule has 2 aromatic rings. The molecule has 10 heteroatoms.